The van der Waals surface area contributed by atoms with E-state index in [1.807, 2.05) is 15.9 Å². The number of H-pyrrole nitrogens is 1. The molecule has 8 nitrogen and oxygen atoms in total. The first-order chi connectivity index (χ1) is 14.6. The molecule has 0 aromatic carbocycles. The molecule has 8 heteroatoms. The van der Waals surface area contributed by atoms with Crippen molar-refractivity contribution in [2.24, 2.45) is 11.8 Å². The average Bonchev–Trinajstić information content (AvgIpc) is 3.69. The molecule has 1 saturated heterocycles. The summed E-state index contributed by atoms with van der Waals surface area (Å²) in [7, 11) is 0. The van der Waals surface area contributed by atoms with E-state index in [1.165, 1.54) is 4.52 Å². The molecule has 2 aliphatic heterocycles. The molecule has 0 bridgehead atoms. The highest BCUT2D eigenvalue weighted by molar-refractivity contribution is 5.81. The van der Waals surface area contributed by atoms with E-state index in [1.54, 1.807) is 0 Å². The van der Waals surface area contributed by atoms with Crippen LogP contribution in [0, 0.1) is 11.8 Å². The molecule has 30 heavy (non-hydrogen) atoms. The number of carbonyl (C=O) groups is 2. The van der Waals surface area contributed by atoms with Gasteiger partial charge >= 0.3 is 0 Å². The lowest BCUT2D eigenvalue weighted by atomic mass is 9.94. The highest BCUT2D eigenvalue weighted by Crippen LogP contribution is 2.35. The highest BCUT2D eigenvalue weighted by atomic mass is 16.2. The smallest absolute Gasteiger partial charge is 0.277 e. The number of piperidine rings is 1. The fraction of sp³-hybridized carbons (Fsp3) is 0.636. The van der Waals surface area contributed by atoms with Crippen LogP contribution >= 0.6 is 0 Å². The first-order valence-electron chi connectivity index (χ1n) is 11.3. The van der Waals surface area contributed by atoms with Crippen LogP contribution in [-0.4, -0.2) is 55.8 Å². The monoisotopic (exact) mass is 409 g/mol. The van der Waals surface area contributed by atoms with E-state index in [9.17, 15) is 14.4 Å². The minimum atomic E-state index is -0.101. The second kappa shape index (κ2) is 6.68. The van der Waals surface area contributed by atoms with E-state index in [0.29, 0.717) is 43.2 Å². The summed E-state index contributed by atoms with van der Waals surface area (Å²) in [5.74, 6) is 1.08. The van der Waals surface area contributed by atoms with Crippen molar-refractivity contribution in [2.45, 2.75) is 57.4 Å². The van der Waals surface area contributed by atoms with Crippen LogP contribution in [0.2, 0.25) is 0 Å². The topological polar surface area (TPSA) is 90.8 Å². The van der Waals surface area contributed by atoms with Gasteiger partial charge in [0.2, 0.25) is 11.8 Å². The van der Waals surface area contributed by atoms with Crippen molar-refractivity contribution in [3.63, 3.8) is 0 Å². The minimum absolute atomic E-state index is 0.101. The molecule has 2 aliphatic carbocycles. The Kier molecular flexibility index (Phi) is 4.05. The maximum absolute atomic E-state index is 13.2. The van der Waals surface area contributed by atoms with E-state index in [-0.39, 0.29) is 29.2 Å². The minimum Gasteiger partial charge on any atom is -0.342 e. The Hall–Kier alpha value is -2.64. The number of fused-ring (bicyclic) bond motifs is 2. The van der Waals surface area contributed by atoms with Crippen LogP contribution in [0.15, 0.2) is 10.9 Å². The fourth-order valence-corrected chi connectivity index (χ4v) is 5.01. The number of hydrogen-bond donors (Lipinski definition) is 1. The van der Waals surface area contributed by atoms with Gasteiger partial charge in [0.1, 0.15) is 0 Å². The second-order valence-corrected chi connectivity index (χ2v) is 9.43. The third kappa shape index (κ3) is 3.04. The van der Waals surface area contributed by atoms with Gasteiger partial charge in [0.05, 0.1) is 17.8 Å². The summed E-state index contributed by atoms with van der Waals surface area (Å²) < 4.78 is 1.53. The Balaban J connectivity index is 1.28. The average molecular weight is 409 g/mol. The first-order valence-corrected chi connectivity index (χ1v) is 11.3. The summed E-state index contributed by atoms with van der Waals surface area (Å²) in [6.45, 7) is 2.55. The molecule has 4 heterocycles. The van der Waals surface area contributed by atoms with Crippen molar-refractivity contribution in [3.05, 3.63) is 33.4 Å². The van der Waals surface area contributed by atoms with Crippen LogP contribution in [0.4, 0.5) is 0 Å². The Morgan fingerprint density at radius 1 is 1.00 bits per heavy atom. The third-order valence-corrected chi connectivity index (χ3v) is 7.12. The van der Waals surface area contributed by atoms with Crippen molar-refractivity contribution in [1.29, 1.82) is 0 Å². The zero-order chi connectivity index (χ0) is 20.4. The quantitative estimate of drug-likeness (QED) is 0.830. The van der Waals surface area contributed by atoms with Crippen LogP contribution in [-0.2, 0) is 22.6 Å². The van der Waals surface area contributed by atoms with Gasteiger partial charge in [0.15, 0.2) is 5.65 Å². The molecule has 2 aromatic heterocycles. The number of hydrogen-bond acceptors (Lipinski definition) is 4. The van der Waals surface area contributed by atoms with Gasteiger partial charge < -0.3 is 9.80 Å². The normalized spacial score (nSPS) is 24.2. The first kappa shape index (κ1) is 18.2. The maximum Gasteiger partial charge on any atom is 0.277 e. The maximum atomic E-state index is 13.2. The number of likely N-dealkylation sites (tertiary alicyclic amines) is 1. The Morgan fingerprint density at radius 2 is 1.73 bits per heavy atom. The Labute approximate surface area is 174 Å². The van der Waals surface area contributed by atoms with Gasteiger partial charge in [-0.15, -0.1) is 0 Å². The van der Waals surface area contributed by atoms with Crippen molar-refractivity contribution >= 4 is 17.5 Å². The predicted octanol–water partition coefficient (Wildman–Crippen LogP) is 1.43. The number of rotatable bonds is 3. The van der Waals surface area contributed by atoms with E-state index < -0.39 is 0 Å². The molecular formula is C22H27N5O3. The van der Waals surface area contributed by atoms with Crippen LogP contribution in [0.5, 0.6) is 0 Å². The molecule has 1 atom stereocenters. The summed E-state index contributed by atoms with van der Waals surface area (Å²) in [6.07, 6.45) is 6.61. The van der Waals surface area contributed by atoms with E-state index in [4.69, 9.17) is 4.98 Å². The number of aromatic nitrogens is 3. The molecule has 3 fully saturated rings. The Morgan fingerprint density at radius 3 is 2.47 bits per heavy atom. The van der Waals surface area contributed by atoms with E-state index >= 15 is 0 Å². The molecule has 0 radical (unpaired) electrons. The second-order valence-electron chi connectivity index (χ2n) is 9.43. The molecule has 1 N–H and O–H groups in total. The third-order valence-electron chi connectivity index (χ3n) is 7.12. The van der Waals surface area contributed by atoms with Crippen molar-refractivity contribution < 1.29 is 9.59 Å². The summed E-state index contributed by atoms with van der Waals surface area (Å²) in [6, 6.07) is 1.97. The molecule has 4 aliphatic rings. The molecular weight excluding hydrogens is 382 g/mol. The van der Waals surface area contributed by atoms with Gasteiger partial charge in [-0.3, -0.25) is 19.5 Å². The number of nitrogens with one attached hydrogen (secondary N) is 1. The lowest BCUT2D eigenvalue weighted by Crippen LogP contribution is -2.41. The zero-order valence-electron chi connectivity index (χ0n) is 17.1. The molecule has 0 unspecified atom stereocenters. The number of nitrogens with zero attached hydrogens (tertiary/aromatic N) is 4. The van der Waals surface area contributed by atoms with Gasteiger partial charge in [-0.2, -0.15) is 0 Å². The Bertz CT molecular complexity index is 1090. The van der Waals surface area contributed by atoms with Gasteiger partial charge in [0.25, 0.3) is 5.56 Å². The molecule has 2 amide bonds. The van der Waals surface area contributed by atoms with E-state index in [2.05, 4.69) is 5.10 Å². The summed E-state index contributed by atoms with van der Waals surface area (Å²) >= 11 is 0. The van der Waals surface area contributed by atoms with Crippen molar-refractivity contribution in [3.8, 4) is 0 Å². The largest absolute Gasteiger partial charge is 0.342 e. The standard InChI is InChI=1S/C22H27N5O3/c28-20(13-3-4-13)25-8-1-2-15(11-25)18-10-19-23-17-7-9-26(21(29)14-5-6-14)12-16(17)22(30)27(19)24-18/h10,13-15,24H,1-9,11-12H2/t15-/m1/s1. The molecule has 158 valence electrons. The van der Waals surface area contributed by atoms with Gasteiger partial charge in [-0.25, -0.2) is 9.50 Å². The fourth-order valence-electron chi connectivity index (χ4n) is 5.01. The summed E-state index contributed by atoms with van der Waals surface area (Å²) in [4.78, 5) is 46.7. The number of aromatic amines is 1. The van der Waals surface area contributed by atoms with Crippen LogP contribution in [0.1, 0.15) is 61.4 Å². The summed E-state index contributed by atoms with van der Waals surface area (Å²) in [5.41, 5.74) is 2.97. The zero-order valence-corrected chi connectivity index (χ0v) is 17.1. The number of amides is 2. The molecule has 6 rings (SSSR count). The summed E-state index contributed by atoms with van der Waals surface area (Å²) in [5, 5.41) is 3.27. The predicted molar refractivity (Wildman–Crippen MR) is 109 cm³/mol. The van der Waals surface area contributed by atoms with Crippen molar-refractivity contribution in [2.75, 3.05) is 19.6 Å². The van der Waals surface area contributed by atoms with Crippen molar-refractivity contribution in [1.82, 2.24) is 24.4 Å². The lowest BCUT2D eigenvalue weighted by Gasteiger charge is -2.32. The SMILES string of the molecule is O=C(C1CC1)N1CCc2nc3cc([C@@H]4CCCN(C(=O)C5CC5)C4)[nH]n3c(=O)c2C1. The molecule has 2 aromatic rings. The van der Waals surface area contributed by atoms with Gasteiger partial charge in [0, 0.05) is 55.6 Å². The van der Waals surface area contributed by atoms with E-state index in [0.717, 1.165) is 56.5 Å². The highest BCUT2D eigenvalue weighted by Gasteiger charge is 2.37. The lowest BCUT2D eigenvalue weighted by molar-refractivity contribution is -0.134. The molecule has 0 spiro atoms. The van der Waals surface area contributed by atoms with Gasteiger partial charge in [-0.1, -0.05) is 0 Å². The van der Waals surface area contributed by atoms with Crippen LogP contribution < -0.4 is 5.56 Å². The van der Waals surface area contributed by atoms with Crippen LogP contribution in [0.3, 0.4) is 0 Å². The van der Waals surface area contributed by atoms with Crippen LogP contribution in [0.25, 0.3) is 5.65 Å². The van der Waals surface area contributed by atoms with Gasteiger partial charge in [-0.05, 0) is 38.5 Å². The molecule has 2 saturated carbocycles. The number of carbonyl (C=O) groups excluding carboxylic acids is 2.